The minimum atomic E-state index is 0.182. The molecule has 1 aliphatic heterocycles. The molecule has 1 heterocycles. The van der Waals surface area contributed by atoms with Gasteiger partial charge in [0.15, 0.2) is 0 Å². The Labute approximate surface area is 147 Å². The summed E-state index contributed by atoms with van der Waals surface area (Å²) in [4.78, 5) is 17.1. The van der Waals surface area contributed by atoms with E-state index in [4.69, 9.17) is 0 Å². The van der Waals surface area contributed by atoms with Gasteiger partial charge < -0.3 is 15.1 Å². The number of nitrogens with zero attached hydrogens (tertiary/aromatic N) is 2. The van der Waals surface area contributed by atoms with Crippen LogP contribution in [0.1, 0.15) is 49.9 Å². The number of carbonyl (C=O) groups excluding carboxylic acids is 1. The summed E-state index contributed by atoms with van der Waals surface area (Å²) >= 11 is 0. The Balaban J connectivity index is 1.94. The molecule has 134 valence electrons. The summed E-state index contributed by atoms with van der Waals surface area (Å²) in [7, 11) is 2.00. The number of carbonyl (C=O) groups is 1. The lowest BCUT2D eigenvalue weighted by Gasteiger charge is -2.32. The van der Waals surface area contributed by atoms with Gasteiger partial charge in [-0.15, -0.1) is 0 Å². The van der Waals surface area contributed by atoms with E-state index in [-0.39, 0.29) is 5.91 Å². The second-order valence-corrected chi connectivity index (χ2v) is 6.77. The second kappa shape index (κ2) is 9.67. The van der Waals surface area contributed by atoms with Crippen molar-refractivity contribution in [2.24, 2.45) is 5.92 Å². The van der Waals surface area contributed by atoms with Crippen LogP contribution < -0.4 is 10.2 Å². The first-order valence-corrected chi connectivity index (χ1v) is 9.48. The topological polar surface area (TPSA) is 35.6 Å². The van der Waals surface area contributed by atoms with Crippen LogP contribution >= 0.6 is 0 Å². The molecule has 1 aliphatic rings. The van der Waals surface area contributed by atoms with Crippen molar-refractivity contribution in [2.45, 2.75) is 39.5 Å². The van der Waals surface area contributed by atoms with Crippen molar-refractivity contribution in [1.29, 1.82) is 0 Å². The Morgan fingerprint density at radius 1 is 1.21 bits per heavy atom. The van der Waals surface area contributed by atoms with Gasteiger partial charge in [-0.1, -0.05) is 13.3 Å². The van der Waals surface area contributed by atoms with E-state index in [9.17, 15) is 4.79 Å². The maximum absolute atomic E-state index is 12.7. The van der Waals surface area contributed by atoms with E-state index in [1.807, 2.05) is 24.1 Å². The predicted octanol–water partition coefficient (Wildman–Crippen LogP) is 3.38. The molecule has 2 rings (SSSR count). The standard InChI is InChI=1S/C20H33N3O/c1-4-6-13-22(5-2)19-9-7-18(8-10-19)20(24)23-14-11-17(12-15-23)16-21-3/h7-10,17,21H,4-6,11-16H2,1-3H3. The van der Waals surface area contributed by atoms with Gasteiger partial charge in [0.2, 0.25) is 0 Å². The number of nitrogens with one attached hydrogen (secondary N) is 1. The maximum Gasteiger partial charge on any atom is 0.253 e. The molecule has 0 bridgehead atoms. The normalized spacial score (nSPS) is 15.5. The van der Waals surface area contributed by atoms with Gasteiger partial charge in [-0.05, 0) is 70.0 Å². The summed E-state index contributed by atoms with van der Waals surface area (Å²) < 4.78 is 0. The fraction of sp³-hybridized carbons (Fsp3) is 0.650. The van der Waals surface area contributed by atoms with Crippen LogP contribution in [0, 0.1) is 5.92 Å². The highest BCUT2D eigenvalue weighted by Gasteiger charge is 2.23. The lowest BCUT2D eigenvalue weighted by molar-refractivity contribution is 0.0691. The van der Waals surface area contributed by atoms with E-state index in [1.54, 1.807) is 0 Å². The third-order valence-corrected chi connectivity index (χ3v) is 5.04. The Kier molecular flexibility index (Phi) is 7.57. The molecule has 1 saturated heterocycles. The summed E-state index contributed by atoms with van der Waals surface area (Å²) in [5.41, 5.74) is 2.03. The fourth-order valence-electron chi connectivity index (χ4n) is 3.45. The number of benzene rings is 1. The lowest BCUT2D eigenvalue weighted by atomic mass is 9.96. The van der Waals surface area contributed by atoms with Gasteiger partial charge in [0.1, 0.15) is 0 Å². The van der Waals surface area contributed by atoms with Gasteiger partial charge in [-0.2, -0.15) is 0 Å². The lowest BCUT2D eigenvalue weighted by Crippen LogP contribution is -2.40. The van der Waals surface area contributed by atoms with Gasteiger partial charge in [-0.3, -0.25) is 4.79 Å². The molecule has 1 amide bonds. The highest BCUT2D eigenvalue weighted by atomic mass is 16.2. The van der Waals surface area contributed by atoms with Gasteiger partial charge in [0, 0.05) is 37.4 Å². The van der Waals surface area contributed by atoms with Gasteiger partial charge >= 0.3 is 0 Å². The highest BCUT2D eigenvalue weighted by molar-refractivity contribution is 5.94. The largest absolute Gasteiger partial charge is 0.372 e. The van der Waals surface area contributed by atoms with Crippen molar-refractivity contribution in [3.8, 4) is 0 Å². The van der Waals surface area contributed by atoms with E-state index in [0.29, 0.717) is 5.92 Å². The SMILES string of the molecule is CCCCN(CC)c1ccc(C(=O)N2CCC(CNC)CC2)cc1. The molecule has 1 aromatic carbocycles. The third kappa shape index (κ3) is 4.97. The number of hydrogen-bond acceptors (Lipinski definition) is 3. The molecule has 0 spiro atoms. The predicted molar refractivity (Wildman–Crippen MR) is 102 cm³/mol. The molecule has 0 atom stereocenters. The third-order valence-electron chi connectivity index (χ3n) is 5.04. The maximum atomic E-state index is 12.7. The minimum absolute atomic E-state index is 0.182. The molecule has 0 unspecified atom stereocenters. The number of likely N-dealkylation sites (tertiary alicyclic amines) is 1. The number of hydrogen-bond donors (Lipinski definition) is 1. The van der Waals surface area contributed by atoms with Gasteiger partial charge in [-0.25, -0.2) is 0 Å². The van der Waals surface area contributed by atoms with Crippen molar-refractivity contribution < 1.29 is 4.79 Å². The first-order chi connectivity index (χ1) is 11.7. The van der Waals surface area contributed by atoms with Crippen LogP contribution in [0.25, 0.3) is 0 Å². The molecule has 0 radical (unpaired) electrons. The fourth-order valence-corrected chi connectivity index (χ4v) is 3.45. The Bertz CT molecular complexity index is 492. The molecule has 1 aromatic rings. The zero-order chi connectivity index (χ0) is 17.4. The van der Waals surface area contributed by atoms with Crippen molar-refractivity contribution in [3.63, 3.8) is 0 Å². The zero-order valence-electron chi connectivity index (χ0n) is 15.6. The summed E-state index contributed by atoms with van der Waals surface area (Å²) in [6.07, 6.45) is 4.61. The molecule has 1 fully saturated rings. The molecule has 0 saturated carbocycles. The summed E-state index contributed by atoms with van der Waals surface area (Å²) in [5.74, 6) is 0.888. The first-order valence-electron chi connectivity index (χ1n) is 9.48. The Morgan fingerprint density at radius 3 is 2.42 bits per heavy atom. The second-order valence-electron chi connectivity index (χ2n) is 6.77. The van der Waals surface area contributed by atoms with Crippen molar-refractivity contribution in [1.82, 2.24) is 10.2 Å². The van der Waals surface area contributed by atoms with Crippen LogP contribution in [0.5, 0.6) is 0 Å². The summed E-state index contributed by atoms with van der Waals surface area (Å²) in [6.45, 7) is 9.31. The van der Waals surface area contributed by atoms with Gasteiger partial charge in [0.25, 0.3) is 5.91 Å². The quantitative estimate of drug-likeness (QED) is 0.793. The van der Waals surface area contributed by atoms with Crippen LogP contribution in [0.3, 0.4) is 0 Å². The number of amides is 1. The summed E-state index contributed by atoms with van der Waals surface area (Å²) in [6, 6.07) is 8.18. The van der Waals surface area contributed by atoms with Crippen molar-refractivity contribution >= 4 is 11.6 Å². The first kappa shape index (κ1) is 18.8. The van der Waals surface area contributed by atoms with E-state index in [1.165, 1.54) is 18.5 Å². The van der Waals surface area contributed by atoms with Gasteiger partial charge in [0.05, 0.1) is 0 Å². The molecule has 1 N–H and O–H groups in total. The van der Waals surface area contributed by atoms with Crippen LogP contribution in [-0.4, -0.2) is 50.6 Å². The van der Waals surface area contributed by atoms with Crippen LogP contribution in [-0.2, 0) is 0 Å². The van der Waals surface area contributed by atoms with E-state index in [0.717, 1.165) is 51.1 Å². The van der Waals surface area contributed by atoms with E-state index < -0.39 is 0 Å². The average Bonchev–Trinajstić information content (AvgIpc) is 2.63. The average molecular weight is 332 g/mol. The van der Waals surface area contributed by atoms with Crippen molar-refractivity contribution in [3.05, 3.63) is 29.8 Å². The molecular formula is C20H33N3O. The molecular weight excluding hydrogens is 298 g/mol. The van der Waals surface area contributed by atoms with Crippen molar-refractivity contribution in [2.75, 3.05) is 44.7 Å². The number of anilines is 1. The van der Waals surface area contributed by atoms with E-state index in [2.05, 4.69) is 36.2 Å². The zero-order valence-corrected chi connectivity index (χ0v) is 15.6. The van der Waals surface area contributed by atoms with E-state index >= 15 is 0 Å². The number of rotatable bonds is 8. The monoisotopic (exact) mass is 331 g/mol. The van der Waals surface area contributed by atoms with Crippen LogP contribution in [0.4, 0.5) is 5.69 Å². The van der Waals surface area contributed by atoms with Crippen LogP contribution in [0.15, 0.2) is 24.3 Å². The van der Waals surface area contributed by atoms with Crippen LogP contribution in [0.2, 0.25) is 0 Å². The number of piperidine rings is 1. The molecule has 4 heteroatoms. The Hall–Kier alpha value is -1.55. The summed E-state index contributed by atoms with van der Waals surface area (Å²) in [5, 5.41) is 3.24. The molecule has 4 nitrogen and oxygen atoms in total. The smallest absolute Gasteiger partial charge is 0.253 e. The molecule has 0 aromatic heterocycles. The minimum Gasteiger partial charge on any atom is -0.372 e. The number of unbranched alkanes of at least 4 members (excludes halogenated alkanes) is 1. The molecule has 0 aliphatic carbocycles. The Morgan fingerprint density at radius 2 is 1.88 bits per heavy atom. The molecule has 24 heavy (non-hydrogen) atoms. The highest BCUT2D eigenvalue weighted by Crippen LogP contribution is 2.20.